The van der Waals surface area contributed by atoms with Crippen LogP contribution in [-0.2, 0) is 9.59 Å². The van der Waals surface area contributed by atoms with E-state index >= 15 is 0 Å². The van der Waals surface area contributed by atoms with Crippen LogP contribution in [-0.4, -0.2) is 45.3 Å². The van der Waals surface area contributed by atoms with Crippen LogP contribution in [0.1, 0.15) is 68.1 Å². The largest absolute Gasteiger partial charge is 0.331 e. The lowest BCUT2D eigenvalue weighted by atomic mass is 9.89. The van der Waals surface area contributed by atoms with Gasteiger partial charge in [-0.2, -0.15) is 0 Å². The molecule has 2 saturated carbocycles. The SMILES string of the molecule is O=C(C[C@@H](CC1CCCC1)C(=O)N1CC2(CC2)C[C@H]1C(=O)c1ccc(-c2cccnc2)cc1)NO. The summed E-state index contributed by atoms with van der Waals surface area (Å²) >= 11 is 0. The summed E-state index contributed by atoms with van der Waals surface area (Å²) in [5.41, 5.74) is 4.30. The van der Waals surface area contributed by atoms with Gasteiger partial charge < -0.3 is 4.90 Å². The van der Waals surface area contributed by atoms with E-state index in [2.05, 4.69) is 4.98 Å². The molecule has 2 heterocycles. The Morgan fingerprint density at radius 1 is 1.09 bits per heavy atom. The molecule has 0 radical (unpaired) electrons. The molecule has 1 saturated heterocycles. The molecular formula is C28H33N3O4. The van der Waals surface area contributed by atoms with Gasteiger partial charge in [-0.15, -0.1) is 0 Å². The Morgan fingerprint density at radius 3 is 2.46 bits per heavy atom. The lowest BCUT2D eigenvalue weighted by Crippen LogP contribution is -2.45. The number of hydrogen-bond acceptors (Lipinski definition) is 5. The van der Waals surface area contributed by atoms with Gasteiger partial charge in [-0.05, 0) is 54.2 Å². The molecule has 2 atom stereocenters. The van der Waals surface area contributed by atoms with E-state index in [1.54, 1.807) is 22.8 Å². The molecule has 0 bridgehead atoms. The predicted octanol–water partition coefficient (Wildman–Crippen LogP) is 4.40. The molecule has 3 aliphatic rings. The van der Waals surface area contributed by atoms with Crippen molar-refractivity contribution in [1.82, 2.24) is 15.4 Å². The maximum atomic E-state index is 13.8. The molecule has 35 heavy (non-hydrogen) atoms. The van der Waals surface area contributed by atoms with E-state index in [4.69, 9.17) is 5.21 Å². The van der Waals surface area contributed by atoms with E-state index < -0.39 is 17.9 Å². The van der Waals surface area contributed by atoms with Crippen LogP contribution < -0.4 is 5.48 Å². The molecule has 2 amide bonds. The highest BCUT2D eigenvalue weighted by Gasteiger charge is 2.55. The van der Waals surface area contributed by atoms with Crippen LogP contribution in [0.15, 0.2) is 48.8 Å². The standard InChI is InChI=1S/C28H33N3O4/c32-25(30-35)15-23(14-19-4-1-2-5-19)27(34)31-18-28(11-12-28)16-24(31)26(33)21-9-7-20(8-10-21)22-6-3-13-29-17-22/h3,6-10,13,17,19,23-24,35H,1-2,4-5,11-12,14-16,18H2,(H,30,32)/t23-,24+/m1/s1. The number of hydrogen-bond donors (Lipinski definition) is 2. The van der Waals surface area contributed by atoms with Gasteiger partial charge in [0.25, 0.3) is 0 Å². The number of benzene rings is 1. The van der Waals surface area contributed by atoms with Gasteiger partial charge in [0.15, 0.2) is 5.78 Å². The van der Waals surface area contributed by atoms with Crippen molar-refractivity contribution in [2.24, 2.45) is 17.3 Å². The van der Waals surface area contributed by atoms with E-state index in [9.17, 15) is 14.4 Å². The van der Waals surface area contributed by atoms with Crippen molar-refractivity contribution in [1.29, 1.82) is 0 Å². The Kier molecular flexibility index (Phi) is 6.69. The number of Topliss-reactive ketones (excluding diaryl/α,β-unsaturated/α-hetero) is 1. The summed E-state index contributed by atoms with van der Waals surface area (Å²) in [4.78, 5) is 45.4. The number of amides is 2. The number of ketones is 1. The van der Waals surface area contributed by atoms with Crippen LogP contribution in [0, 0.1) is 17.3 Å². The average Bonchev–Trinajstić information content (AvgIpc) is 3.27. The number of pyridine rings is 1. The van der Waals surface area contributed by atoms with Gasteiger partial charge in [-0.1, -0.05) is 56.0 Å². The van der Waals surface area contributed by atoms with Crippen LogP contribution in [0.5, 0.6) is 0 Å². The van der Waals surface area contributed by atoms with Gasteiger partial charge in [0.05, 0.1) is 6.04 Å². The van der Waals surface area contributed by atoms with Gasteiger partial charge in [-0.25, -0.2) is 5.48 Å². The van der Waals surface area contributed by atoms with Crippen LogP contribution in [0.2, 0.25) is 0 Å². The Labute approximate surface area is 205 Å². The zero-order valence-corrected chi connectivity index (χ0v) is 20.0. The highest BCUT2D eigenvalue weighted by molar-refractivity contribution is 6.03. The maximum Gasteiger partial charge on any atom is 0.244 e. The lowest BCUT2D eigenvalue weighted by Gasteiger charge is -2.29. The number of nitrogens with one attached hydrogen (secondary N) is 1. The fourth-order valence-corrected chi connectivity index (χ4v) is 6.04. The van der Waals surface area contributed by atoms with Crippen molar-refractivity contribution in [3.8, 4) is 11.1 Å². The maximum absolute atomic E-state index is 13.8. The highest BCUT2D eigenvalue weighted by Crippen LogP contribution is 2.55. The van der Waals surface area contributed by atoms with Crippen molar-refractivity contribution in [3.05, 3.63) is 54.4 Å². The molecule has 0 unspecified atom stereocenters. The molecule has 1 aromatic carbocycles. The fourth-order valence-electron chi connectivity index (χ4n) is 6.04. The third kappa shape index (κ3) is 5.15. The minimum absolute atomic E-state index is 0.0360. The van der Waals surface area contributed by atoms with Crippen LogP contribution in [0.3, 0.4) is 0 Å². The first-order valence-electron chi connectivity index (χ1n) is 12.8. The summed E-state index contributed by atoms with van der Waals surface area (Å²) in [6.07, 6.45) is 11.3. The average molecular weight is 476 g/mol. The van der Waals surface area contributed by atoms with Crippen LogP contribution in [0.4, 0.5) is 0 Å². The second kappa shape index (κ2) is 9.90. The first-order valence-corrected chi connectivity index (χ1v) is 12.8. The molecule has 3 fully saturated rings. The number of nitrogens with zero attached hydrogens (tertiary/aromatic N) is 2. The highest BCUT2D eigenvalue weighted by atomic mass is 16.5. The molecular weight excluding hydrogens is 442 g/mol. The van der Waals surface area contributed by atoms with Crippen molar-refractivity contribution >= 4 is 17.6 Å². The molecule has 2 aromatic rings. The topological polar surface area (TPSA) is 99.6 Å². The van der Waals surface area contributed by atoms with E-state index in [1.165, 1.54) is 0 Å². The molecule has 1 spiro atoms. The molecule has 2 aliphatic carbocycles. The molecule has 5 rings (SSSR count). The fraction of sp³-hybridized carbons (Fsp3) is 0.500. The summed E-state index contributed by atoms with van der Waals surface area (Å²) < 4.78 is 0. The van der Waals surface area contributed by atoms with E-state index in [0.717, 1.165) is 49.7 Å². The second-order valence-electron chi connectivity index (χ2n) is 10.7. The Balaban J connectivity index is 1.36. The first kappa shape index (κ1) is 23.7. The van der Waals surface area contributed by atoms with Gasteiger partial charge in [-0.3, -0.25) is 24.6 Å². The summed E-state index contributed by atoms with van der Waals surface area (Å²) in [5.74, 6) is -0.791. The molecule has 184 valence electrons. The Morgan fingerprint density at radius 2 is 1.83 bits per heavy atom. The van der Waals surface area contributed by atoms with E-state index in [-0.39, 0.29) is 23.5 Å². The molecule has 2 N–H and O–H groups in total. The van der Waals surface area contributed by atoms with Gasteiger partial charge in [0.2, 0.25) is 11.8 Å². The Hall–Kier alpha value is -3.06. The normalized spacial score (nSPS) is 21.7. The number of carbonyl (C=O) groups is 3. The van der Waals surface area contributed by atoms with Gasteiger partial charge in [0.1, 0.15) is 0 Å². The molecule has 7 nitrogen and oxygen atoms in total. The van der Waals surface area contributed by atoms with E-state index in [1.807, 2.05) is 36.4 Å². The van der Waals surface area contributed by atoms with Crippen LogP contribution >= 0.6 is 0 Å². The van der Waals surface area contributed by atoms with Gasteiger partial charge in [0, 0.05) is 36.8 Å². The Bertz CT molecular complexity index is 1080. The van der Waals surface area contributed by atoms with Crippen molar-refractivity contribution in [2.75, 3.05) is 6.54 Å². The predicted molar refractivity (Wildman–Crippen MR) is 130 cm³/mol. The third-order valence-corrected chi connectivity index (χ3v) is 8.21. The van der Waals surface area contributed by atoms with Crippen molar-refractivity contribution in [3.63, 3.8) is 0 Å². The molecule has 1 aliphatic heterocycles. The zero-order chi connectivity index (χ0) is 24.4. The van der Waals surface area contributed by atoms with E-state index in [0.29, 0.717) is 30.9 Å². The summed E-state index contributed by atoms with van der Waals surface area (Å²) in [6.45, 7) is 0.581. The van der Waals surface area contributed by atoms with Crippen molar-refractivity contribution < 1.29 is 19.6 Å². The molecule has 7 heteroatoms. The summed E-state index contributed by atoms with van der Waals surface area (Å²) in [7, 11) is 0. The van der Waals surface area contributed by atoms with Gasteiger partial charge >= 0.3 is 0 Å². The third-order valence-electron chi connectivity index (χ3n) is 8.21. The van der Waals surface area contributed by atoms with Crippen LogP contribution in [0.25, 0.3) is 11.1 Å². The number of rotatable bonds is 8. The monoisotopic (exact) mass is 475 g/mol. The number of aromatic nitrogens is 1. The quantitative estimate of drug-likeness (QED) is 0.335. The van der Waals surface area contributed by atoms with Crippen molar-refractivity contribution in [2.45, 2.75) is 63.8 Å². The first-order chi connectivity index (χ1) is 17.0. The summed E-state index contributed by atoms with van der Waals surface area (Å²) in [6, 6.07) is 10.9. The zero-order valence-electron chi connectivity index (χ0n) is 20.0. The number of likely N-dealkylation sites (tertiary alicyclic amines) is 1. The second-order valence-corrected chi connectivity index (χ2v) is 10.7. The lowest BCUT2D eigenvalue weighted by molar-refractivity contribution is -0.141. The number of hydroxylamine groups is 1. The number of carbonyl (C=O) groups excluding carboxylic acids is 3. The minimum atomic E-state index is -0.546. The minimum Gasteiger partial charge on any atom is -0.331 e. The smallest absolute Gasteiger partial charge is 0.244 e. The summed E-state index contributed by atoms with van der Waals surface area (Å²) in [5, 5.41) is 9.10. The molecule has 1 aromatic heterocycles.